The number of ether oxygens (including phenoxy) is 1. The molecule has 2 heterocycles. The number of guanidine groups is 1. The Balaban J connectivity index is 0.00000288. The molecule has 0 aliphatic carbocycles. The summed E-state index contributed by atoms with van der Waals surface area (Å²) in [6, 6.07) is 0. The van der Waals surface area contributed by atoms with Crippen molar-refractivity contribution < 1.29 is 9.15 Å². The van der Waals surface area contributed by atoms with Gasteiger partial charge < -0.3 is 19.4 Å². The molecule has 0 amide bonds. The molecule has 1 aromatic heterocycles. The van der Waals surface area contributed by atoms with Crippen molar-refractivity contribution in [3.63, 3.8) is 0 Å². The van der Waals surface area contributed by atoms with Crippen LogP contribution in [0, 0.1) is 19.8 Å². The van der Waals surface area contributed by atoms with Crippen LogP contribution in [0.1, 0.15) is 43.5 Å². The minimum Gasteiger partial charge on any atom is -0.444 e. The predicted octanol–water partition coefficient (Wildman–Crippen LogP) is 3.12. The summed E-state index contributed by atoms with van der Waals surface area (Å²) in [4.78, 5) is 11.2. The molecule has 24 heavy (non-hydrogen) atoms. The molecular weight excluding hydrogens is 419 g/mol. The van der Waals surface area contributed by atoms with Gasteiger partial charge in [-0.05, 0) is 46.0 Å². The fourth-order valence-corrected chi connectivity index (χ4v) is 2.74. The molecule has 6 nitrogen and oxygen atoms in total. The molecule has 0 aromatic carbocycles. The highest BCUT2D eigenvalue weighted by Gasteiger charge is 2.15. The maximum absolute atomic E-state index is 5.60. The third kappa shape index (κ3) is 6.58. The van der Waals surface area contributed by atoms with Crippen molar-refractivity contribution in [3.05, 3.63) is 17.3 Å². The summed E-state index contributed by atoms with van der Waals surface area (Å²) in [5, 5.41) is 3.34. The molecule has 0 atom stereocenters. The Morgan fingerprint density at radius 2 is 2.04 bits per heavy atom. The highest BCUT2D eigenvalue weighted by molar-refractivity contribution is 14.0. The summed E-state index contributed by atoms with van der Waals surface area (Å²) in [7, 11) is 2.09. The van der Waals surface area contributed by atoms with E-state index in [2.05, 4.69) is 34.2 Å². The molecule has 0 radical (unpaired) electrons. The fourth-order valence-electron chi connectivity index (χ4n) is 2.74. The molecule has 2 rings (SSSR count). The summed E-state index contributed by atoms with van der Waals surface area (Å²) in [6.45, 7) is 10.1. The van der Waals surface area contributed by atoms with Gasteiger partial charge in [0, 0.05) is 33.4 Å². The zero-order valence-electron chi connectivity index (χ0n) is 15.3. The van der Waals surface area contributed by atoms with Crippen LogP contribution >= 0.6 is 24.0 Å². The van der Waals surface area contributed by atoms with Gasteiger partial charge >= 0.3 is 0 Å². The van der Waals surface area contributed by atoms with Crippen LogP contribution in [-0.2, 0) is 11.3 Å². The Bertz CT molecular complexity index is 493. The summed E-state index contributed by atoms with van der Waals surface area (Å²) < 4.78 is 11.0. The third-order valence-electron chi connectivity index (χ3n) is 4.35. The number of rotatable bonds is 6. The van der Waals surface area contributed by atoms with Gasteiger partial charge in [-0.15, -0.1) is 24.0 Å². The highest BCUT2D eigenvalue weighted by Crippen LogP contribution is 2.18. The van der Waals surface area contributed by atoms with Gasteiger partial charge in [-0.1, -0.05) is 0 Å². The second kappa shape index (κ2) is 10.9. The summed E-state index contributed by atoms with van der Waals surface area (Å²) in [6.07, 6.45) is 3.54. The van der Waals surface area contributed by atoms with E-state index in [1.807, 2.05) is 13.8 Å². The lowest BCUT2D eigenvalue weighted by Crippen LogP contribution is -2.40. The van der Waals surface area contributed by atoms with E-state index in [0.29, 0.717) is 12.4 Å². The van der Waals surface area contributed by atoms with Crippen LogP contribution in [0.25, 0.3) is 0 Å². The molecule has 0 unspecified atom stereocenters. The Morgan fingerprint density at radius 1 is 1.33 bits per heavy atom. The average Bonchev–Trinajstić information content (AvgIpc) is 2.88. The van der Waals surface area contributed by atoms with Crippen molar-refractivity contribution in [1.82, 2.24) is 15.2 Å². The number of hydrogen-bond donors (Lipinski definition) is 1. The maximum atomic E-state index is 5.60. The first-order valence-electron chi connectivity index (χ1n) is 8.60. The number of aryl methyl sites for hydroxylation is 2. The Kier molecular flexibility index (Phi) is 9.65. The Labute approximate surface area is 162 Å². The van der Waals surface area contributed by atoms with Gasteiger partial charge in [0.2, 0.25) is 5.89 Å². The summed E-state index contributed by atoms with van der Waals surface area (Å²) in [5.41, 5.74) is 0.938. The summed E-state index contributed by atoms with van der Waals surface area (Å²) in [5.74, 6) is 3.22. The van der Waals surface area contributed by atoms with E-state index in [1.165, 1.54) is 19.3 Å². The van der Waals surface area contributed by atoms with Gasteiger partial charge in [0.25, 0.3) is 0 Å². The predicted molar refractivity (Wildman–Crippen MR) is 107 cm³/mol. The number of aromatic nitrogens is 1. The number of oxazole rings is 1. The topological polar surface area (TPSA) is 62.9 Å². The first-order chi connectivity index (χ1) is 11.1. The van der Waals surface area contributed by atoms with Crippen molar-refractivity contribution >= 4 is 29.9 Å². The minimum absolute atomic E-state index is 0. The van der Waals surface area contributed by atoms with E-state index in [0.717, 1.165) is 49.6 Å². The monoisotopic (exact) mass is 450 g/mol. The van der Waals surface area contributed by atoms with E-state index < -0.39 is 0 Å². The molecule has 0 saturated carbocycles. The Hall–Kier alpha value is -0.830. The van der Waals surface area contributed by atoms with E-state index in [9.17, 15) is 0 Å². The number of nitrogens with zero attached hydrogens (tertiary/aromatic N) is 3. The van der Waals surface area contributed by atoms with Crippen LogP contribution < -0.4 is 5.32 Å². The third-order valence-corrected chi connectivity index (χ3v) is 4.35. The number of nitrogens with one attached hydrogen (secondary N) is 1. The van der Waals surface area contributed by atoms with Crippen molar-refractivity contribution in [2.75, 3.05) is 33.4 Å². The van der Waals surface area contributed by atoms with E-state index in [-0.39, 0.29) is 24.0 Å². The van der Waals surface area contributed by atoms with Crippen LogP contribution in [0.3, 0.4) is 0 Å². The van der Waals surface area contributed by atoms with Gasteiger partial charge in [-0.2, -0.15) is 0 Å². The lowest BCUT2D eigenvalue weighted by Gasteiger charge is -2.26. The van der Waals surface area contributed by atoms with E-state index in [4.69, 9.17) is 9.15 Å². The van der Waals surface area contributed by atoms with Crippen molar-refractivity contribution in [2.45, 2.75) is 46.6 Å². The van der Waals surface area contributed by atoms with Crippen LogP contribution in [0.15, 0.2) is 9.41 Å². The molecule has 1 aromatic rings. The standard InChI is InChI=1S/C17H30N4O2.HI/c1-5-18-17(19-12-16-20-13(2)14(3)23-16)21(4)9-6-15-7-10-22-11-8-15;/h15H,5-12H2,1-4H3,(H,18,19);1H. The molecule has 1 saturated heterocycles. The second-order valence-electron chi connectivity index (χ2n) is 6.19. The molecule has 1 N–H and O–H groups in total. The zero-order valence-corrected chi connectivity index (χ0v) is 17.6. The maximum Gasteiger partial charge on any atom is 0.216 e. The van der Waals surface area contributed by atoms with Crippen LogP contribution in [0.4, 0.5) is 0 Å². The molecule has 138 valence electrons. The molecule has 1 fully saturated rings. The van der Waals surface area contributed by atoms with Crippen molar-refractivity contribution in [1.29, 1.82) is 0 Å². The Morgan fingerprint density at radius 3 is 2.62 bits per heavy atom. The lowest BCUT2D eigenvalue weighted by atomic mass is 9.96. The second-order valence-corrected chi connectivity index (χ2v) is 6.19. The molecule has 0 bridgehead atoms. The van der Waals surface area contributed by atoms with Gasteiger partial charge in [-0.3, -0.25) is 0 Å². The van der Waals surface area contributed by atoms with Gasteiger partial charge in [-0.25, -0.2) is 9.98 Å². The van der Waals surface area contributed by atoms with E-state index in [1.54, 1.807) is 0 Å². The van der Waals surface area contributed by atoms with Crippen LogP contribution in [-0.4, -0.2) is 49.2 Å². The van der Waals surface area contributed by atoms with Gasteiger partial charge in [0.05, 0.1) is 5.69 Å². The zero-order chi connectivity index (χ0) is 16.7. The smallest absolute Gasteiger partial charge is 0.216 e. The molecule has 7 heteroatoms. The largest absolute Gasteiger partial charge is 0.444 e. The lowest BCUT2D eigenvalue weighted by molar-refractivity contribution is 0.0625. The van der Waals surface area contributed by atoms with Crippen molar-refractivity contribution in [3.8, 4) is 0 Å². The normalized spacial score (nSPS) is 15.9. The number of hydrogen-bond acceptors (Lipinski definition) is 4. The minimum atomic E-state index is 0. The van der Waals surface area contributed by atoms with Crippen LogP contribution in [0.2, 0.25) is 0 Å². The fraction of sp³-hybridized carbons (Fsp3) is 0.765. The highest BCUT2D eigenvalue weighted by atomic mass is 127. The SMILES string of the molecule is CCNC(=NCc1nc(C)c(C)o1)N(C)CCC1CCOCC1.I. The molecule has 0 spiro atoms. The molecule has 1 aliphatic rings. The molecular formula is C17H31IN4O2. The van der Waals surface area contributed by atoms with Gasteiger partial charge in [0.15, 0.2) is 5.96 Å². The summed E-state index contributed by atoms with van der Waals surface area (Å²) >= 11 is 0. The first kappa shape index (κ1) is 21.2. The first-order valence-corrected chi connectivity index (χ1v) is 8.60. The number of halogens is 1. The van der Waals surface area contributed by atoms with Crippen molar-refractivity contribution in [2.24, 2.45) is 10.9 Å². The van der Waals surface area contributed by atoms with E-state index >= 15 is 0 Å². The van der Waals surface area contributed by atoms with Gasteiger partial charge in [0.1, 0.15) is 12.3 Å². The van der Waals surface area contributed by atoms with Crippen LogP contribution in [0.5, 0.6) is 0 Å². The average molecular weight is 450 g/mol. The molecule has 1 aliphatic heterocycles. The quantitative estimate of drug-likeness (QED) is 0.410. The number of aliphatic imine (C=N–C) groups is 1.